The van der Waals surface area contributed by atoms with E-state index in [2.05, 4.69) is 57.2 Å². The van der Waals surface area contributed by atoms with Crippen molar-refractivity contribution >= 4 is 34.1 Å². The Morgan fingerprint density at radius 3 is 2.09 bits per heavy atom. The SMILES string of the molecule is Cc1cc(C)c(/C(=C/C(=O)N(C)C)[Te]c2ccccc2)c(C)c1. The average Bonchev–Trinajstić information content (AvgIpc) is 2.46. The van der Waals surface area contributed by atoms with Crippen LogP contribution in [0, 0.1) is 20.8 Å². The Morgan fingerprint density at radius 2 is 1.57 bits per heavy atom. The van der Waals surface area contributed by atoms with E-state index in [9.17, 15) is 4.79 Å². The van der Waals surface area contributed by atoms with Crippen molar-refractivity contribution < 1.29 is 4.79 Å². The third kappa shape index (κ3) is 4.70. The fourth-order valence-electron chi connectivity index (χ4n) is 2.58. The number of amides is 1. The van der Waals surface area contributed by atoms with E-state index < -0.39 is 20.9 Å². The first-order valence-electron chi connectivity index (χ1n) is 7.62. The molecule has 0 spiro atoms. The van der Waals surface area contributed by atoms with E-state index in [1.807, 2.05) is 12.1 Å². The second-order valence-corrected chi connectivity index (χ2v) is 9.11. The fourth-order valence-corrected chi connectivity index (χ4v) is 5.81. The molecule has 0 aliphatic heterocycles. The van der Waals surface area contributed by atoms with Crippen LogP contribution < -0.4 is 3.61 Å². The first kappa shape index (κ1) is 17.8. The molecule has 0 radical (unpaired) electrons. The third-order valence-electron chi connectivity index (χ3n) is 3.59. The van der Waals surface area contributed by atoms with Gasteiger partial charge in [0.05, 0.1) is 0 Å². The molecular formula is C20H23NOTe. The van der Waals surface area contributed by atoms with Gasteiger partial charge in [-0.25, -0.2) is 0 Å². The summed E-state index contributed by atoms with van der Waals surface area (Å²) in [6.07, 6.45) is 1.83. The maximum absolute atomic E-state index is 12.3. The zero-order valence-electron chi connectivity index (χ0n) is 14.4. The van der Waals surface area contributed by atoms with Crippen molar-refractivity contribution in [3.05, 3.63) is 70.8 Å². The van der Waals surface area contributed by atoms with Gasteiger partial charge in [0.1, 0.15) is 0 Å². The molecule has 3 heteroatoms. The summed E-state index contributed by atoms with van der Waals surface area (Å²) in [7, 11) is 3.60. The predicted molar refractivity (Wildman–Crippen MR) is 99.2 cm³/mol. The summed E-state index contributed by atoms with van der Waals surface area (Å²) < 4.78 is 2.55. The summed E-state index contributed by atoms with van der Waals surface area (Å²) in [6.45, 7) is 6.40. The molecule has 0 saturated carbocycles. The van der Waals surface area contributed by atoms with Crippen LogP contribution in [-0.4, -0.2) is 45.8 Å². The molecule has 0 aromatic heterocycles. The molecule has 0 unspecified atom stereocenters. The van der Waals surface area contributed by atoms with Gasteiger partial charge < -0.3 is 0 Å². The van der Waals surface area contributed by atoms with E-state index >= 15 is 0 Å². The van der Waals surface area contributed by atoms with Crippen LogP contribution in [0.1, 0.15) is 22.3 Å². The number of carbonyl (C=O) groups excluding carboxylic acids is 1. The minimum absolute atomic E-state index is 0.0559. The molecule has 2 aromatic carbocycles. The zero-order chi connectivity index (χ0) is 17.0. The Labute approximate surface area is 149 Å². The second kappa shape index (κ2) is 7.81. The summed E-state index contributed by atoms with van der Waals surface area (Å²) in [4.78, 5) is 13.9. The molecule has 23 heavy (non-hydrogen) atoms. The molecular weight excluding hydrogens is 398 g/mol. The van der Waals surface area contributed by atoms with Crippen LogP contribution in [0.25, 0.3) is 3.62 Å². The van der Waals surface area contributed by atoms with Gasteiger partial charge in [0.25, 0.3) is 0 Å². The van der Waals surface area contributed by atoms with Crippen LogP contribution in [-0.2, 0) is 4.79 Å². The number of carbonyl (C=O) groups is 1. The topological polar surface area (TPSA) is 20.3 Å². The molecule has 2 aromatic rings. The molecule has 0 heterocycles. The first-order valence-corrected chi connectivity index (χ1v) is 9.95. The minimum atomic E-state index is -0.618. The van der Waals surface area contributed by atoms with Gasteiger partial charge in [-0.1, -0.05) is 0 Å². The van der Waals surface area contributed by atoms with Crippen molar-refractivity contribution in [1.82, 2.24) is 4.90 Å². The molecule has 1 amide bonds. The maximum atomic E-state index is 12.3. The van der Waals surface area contributed by atoms with Gasteiger partial charge in [-0.05, 0) is 0 Å². The van der Waals surface area contributed by atoms with Crippen molar-refractivity contribution in [3.8, 4) is 0 Å². The van der Waals surface area contributed by atoms with Crippen molar-refractivity contribution in [2.75, 3.05) is 14.1 Å². The van der Waals surface area contributed by atoms with Gasteiger partial charge in [-0.3, -0.25) is 0 Å². The standard InChI is InChI=1S/C20H23NOTe/c1-14-11-15(2)20(16(3)12-14)18(13-19(22)21(4)5)23-17-9-7-6-8-10-17/h6-13H,1-5H3/b18-13-. The summed E-state index contributed by atoms with van der Waals surface area (Å²) in [5.74, 6) is 0.0559. The zero-order valence-corrected chi connectivity index (χ0v) is 16.7. The second-order valence-electron chi connectivity index (χ2n) is 5.93. The number of hydrogen-bond acceptors (Lipinski definition) is 1. The van der Waals surface area contributed by atoms with Crippen molar-refractivity contribution in [2.45, 2.75) is 20.8 Å². The van der Waals surface area contributed by atoms with Gasteiger partial charge in [-0.15, -0.1) is 0 Å². The van der Waals surface area contributed by atoms with Crippen LogP contribution in [0.2, 0.25) is 0 Å². The molecule has 0 aliphatic carbocycles. The van der Waals surface area contributed by atoms with Crippen LogP contribution in [0.15, 0.2) is 48.5 Å². The van der Waals surface area contributed by atoms with E-state index in [-0.39, 0.29) is 5.91 Å². The Hall–Kier alpha value is -1.56. The summed E-state index contributed by atoms with van der Waals surface area (Å²) >= 11 is -0.618. The molecule has 120 valence electrons. The van der Waals surface area contributed by atoms with Crippen molar-refractivity contribution in [3.63, 3.8) is 0 Å². The summed E-state index contributed by atoms with van der Waals surface area (Å²) in [6, 6.07) is 14.9. The number of hydrogen-bond donors (Lipinski definition) is 0. The summed E-state index contributed by atoms with van der Waals surface area (Å²) in [5, 5.41) is 0. The Bertz CT molecular complexity index is 710. The number of nitrogens with zero attached hydrogens (tertiary/aromatic N) is 1. The molecule has 0 atom stereocenters. The van der Waals surface area contributed by atoms with Crippen LogP contribution in [0.3, 0.4) is 0 Å². The van der Waals surface area contributed by atoms with Crippen LogP contribution >= 0.6 is 0 Å². The molecule has 0 fully saturated rings. The van der Waals surface area contributed by atoms with Gasteiger partial charge in [-0.2, -0.15) is 0 Å². The molecule has 0 bridgehead atoms. The number of likely N-dealkylation sites (N-methyl/N-ethyl adjacent to an activating group) is 1. The third-order valence-corrected chi connectivity index (χ3v) is 6.59. The Morgan fingerprint density at radius 1 is 1.00 bits per heavy atom. The quantitative estimate of drug-likeness (QED) is 0.550. The molecule has 0 N–H and O–H groups in total. The van der Waals surface area contributed by atoms with E-state index in [4.69, 9.17) is 0 Å². The van der Waals surface area contributed by atoms with Gasteiger partial charge in [0, 0.05) is 0 Å². The van der Waals surface area contributed by atoms with Gasteiger partial charge in [0.2, 0.25) is 0 Å². The monoisotopic (exact) mass is 423 g/mol. The molecule has 2 rings (SSSR count). The van der Waals surface area contributed by atoms with E-state index in [1.165, 1.54) is 29.5 Å². The Kier molecular flexibility index (Phi) is 6.04. The van der Waals surface area contributed by atoms with Crippen LogP contribution in [0.5, 0.6) is 0 Å². The van der Waals surface area contributed by atoms with E-state index in [0.717, 1.165) is 0 Å². The normalized spacial score (nSPS) is 11.4. The average molecular weight is 421 g/mol. The predicted octanol–water partition coefficient (Wildman–Crippen LogP) is 3.07. The molecule has 0 saturated heterocycles. The number of aryl methyl sites for hydroxylation is 3. The van der Waals surface area contributed by atoms with E-state index in [0.29, 0.717) is 0 Å². The molecule has 2 nitrogen and oxygen atoms in total. The Balaban J connectivity index is 2.52. The van der Waals surface area contributed by atoms with Crippen molar-refractivity contribution in [1.29, 1.82) is 0 Å². The van der Waals surface area contributed by atoms with E-state index in [1.54, 1.807) is 19.0 Å². The fraction of sp³-hybridized carbons (Fsp3) is 0.250. The number of rotatable bonds is 4. The van der Waals surface area contributed by atoms with Gasteiger partial charge in [0.15, 0.2) is 0 Å². The number of benzene rings is 2. The summed E-state index contributed by atoms with van der Waals surface area (Å²) in [5.41, 5.74) is 5.02. The van der Waals surface area contributed by atoms with Crippen molar-refractivity contribution in [2.24, 2.45) is 0 Å². The molecule has 0 aliphatic rings. The van der Waals surface area contributed by atoms with Crippen LogP contribution in [0.4, 0.5) is 0 Å². The first-order chi connectivity index (χ1) is 10.9. The van der Waals surface area contributed by atoms with Gasteiger partial charge >= 0.3 is 149 Å².